The zero-order chi connectivity index (χ0) is 24.9. The van der Waals surface area contributed by atoms with Crippen LogP contribution in [0.2, 0.25) is 0 Å². The van der Waals surface area contributed by atoms with E-state index < -0.39 is 15.1 Å². The predicted octanol–water partition coefficient (Wildman–Crippen LogP) is 3.72. The number of hydrogen-bond donors (Lipinski definition) is 1. The van der Waals surface area contributed by atoms with E-state index in [1.165, 1.54) is 18.9 Å². The first kappa shape index (κ1) is 25.6. The first-order chi connectivity index (χ1) is 16.2. The topological polar surface area (TPSA) is 112 Å². The Labute approximate surface area is 203 Å². The van der Waals surface area contributed by atoms with Crippen LogP contribution in [0.25, 0.3) is 0 Å². The summed E-state index contributed by atoms with van der Waals surface area (Å²) >= 11 is 1.21. The van der Waals surface area contributed by atoms with E-state index in [4.69, 9.17) is 9.47 Å². The Morgan fingerprint density at radius 2 is 1.76 bits per heavy atom. The van der Waals surface area contributed by atoms with Crippen LogP contribution in [0, 0.1) is 6.92 Å². The minimum Gasteiger partial charge on any atom is -0.493 e. The van der Waals surface area contributed by atoms with E-state index in [9.17, 15) is 13.2 Å². The first-order valence-corrected chi connectivity index (χ1v) is 13.1. The van der Waals surface area contributed by atoms with Gasteiger partial charge in [0.15, 0.2) is 26.5 Å². The van der Waals surface area contributed by atoms with Gasteiger partial charge in [-0.25, -0.2) is 8.42 Å². The Kier molecular flexibility index (Phi) is 8.21. The number of sulfone groups is 1. The number of nitrogens with one attached hydrogen (secondary N) is 1. The van der Waals surface area contributed by atoms with Crippen LogP contribution in [0.15, 0.2) is 52.5 Å². The molecule has 1 unspecified atom stereocenters. The van der Waals surface area contributed by atoms with Crippen molar-refractivity contribution in [3.05, 3.63) is 53.9 Å². The van der Waals surface area contributed by atoms with Crippen molar-refractivity contribution in [1.29, 1.82) is 0 Å². The van der Waals surface area contributed by atoms with Crippen LogP contribution in [-0.4, -0.2) is 48.6 Å². The maximum absolute atomic E-state index is 12.9. The number of thioether (sulfide) groups is 1. The van der Waals surface area contributed by atoms with E-state index in [1.807, 2.05) is 13.8 Å². The van der Waals surface area contributed by atoms with E-state index in [0.29, 0.717) is 34.7 Å². The zero-order valence-electron chi connectivity index (χ0n) is 19.7. The summed E-state index contributed by atoms with van der Waals surface area (Å²) in [5.41, 5.74) is 1.55. The standard InChI is InChI=1S/C23H28N4O5S2/c1-6-27-21(14-34(29,30)18-10-7-15(2)8-11-18)25-26-23(27)33-16(3)22(28)24-17-9-12-19(31-4)20(13-17)32-5/h7-13,16H,6,14H2,1-5H3,(H,24,28). The fraction of sp³-hybridized carbons (Fsp3) is 0.348. The lowest BCUT2D eigenvalue weighted by Crippen LogP contribution is -2.23. The third-order valence-corrected chi connectivity index (χ3v) is 7.82. The molecule has 0 aliphatic carbocycles. The fourth-order valence-corrected chi connectivity index (χ4v) is 5.40. The van der Waals surface area contributed by atoms with Gasteiger partial charge in [0, 0.05) is 18.3 Å². The molecule has 2 aromatic carbocycles. The van der Waals surface area contributed by atoms with Gasteiger partial charge in [0.25, 0.3) is 0 Å². The van der Waals surface area contributed by atoms with Gasteiger partial charge in [0.2, 0.25) is 5.91 Å². The minimum atomic E-state index is -3.58. The van der Waals surface area contributed by atoms with Gasteiger partial charge in [0.05, 0.1) is 24.4 Å². The lowest BCUT2D eigenvalue weighted by atomic mass is 10.2. The number of aromatic nitrogens is 3. The Bertz CT molecular complexity index is 1260. The molecule has 0 saturated heterocycles. The summed E-state index contributed by atoms with van der Waals surface area (Å²) in [7, 11) is -0.517. The molecular weight excluding hydrogens is 476 g/mol. The molecule has 3 aromatic rings. The van der Waals surface area contributed by atoms with Gasteiger partial charge in [-0.15, -0.1) is 10.2 Å². The van der Waals surface area contributed by atoms with Gasteiger partial charge >= 0.3 is 0 Å². The van der Waals surface area contributed by atoms with Crippen molar-refractivity contribution in [3.8, 4) is 11.5 Å². The molecule has 1 aromatic heterocycles. The van der Waals surface area contributed by atoms with Crippen molar-refractivity contribution in [2.75, 3.05) is 19.5 Å². The van der Waals surface area contributed by atoms with E-state index >= 15 is 0 Å². The molecule has 0 spiro atoms. The van der Waals surface area contributed by atoms with Crippen molar-refractivity contribution >= 4 is 33.2 Å². The Morgan fingerprint density at radius 3 is 2.38 bits per heavy atom. The summed E-state index contributed by atoms with van der Waals surface area (Å²) in [6.07, 6.45) is 0. The average molecular weight is 505 g/mol. The number of nitrogens with zero attached hydrogens (tertiary/aromatic N) is 3. The molecule has 1 N–H and O–H groups in total. The van der Waals surface area contributed by atoms with Crippen molar-refractivity contribution in [2.45, 2.75) is 48.4 Å². The molecular formula is C23H28N4O5S2. The third-order valence-electron chi connectivity index (χ3n) is 5.11. The second kappa shape index (κ2) is 10.9. The van der Waals surface area contributed by atoms with Crippen molar-refractivity contribution < 1.29 is 22.7 Å². The van der Waals surface area contributed by atoms with Gasteiger partial charge in [-0.05, 0) is 45.0 Å². The summed E-state index contributed by atoms with van der Waals surface area (Å²) in [4.78, 5) is 13.0. The summed E-state index contributed by atoms with van der Waals surface area (Å²) < 4.78 is 37.9. The van der Waals surface area contributed by atoms with Crippen molar-refractivity contribution in [2.24, 2.45) is 0 Å². The highest BCUT2D eigenvalue weighted by Crippen LogP contribution is 2.31. The molecule has 1 heterocycles. The third kappa shape index (κ3) is 5.89. The molecule has 0 bridgehead atoms. The van der Waals surface area contributed by atoms with Crippen LogP contribution in [-0.2, 0) is 26.9 Å². The number of amides is 1. The van der Waals surface area contributed by atoms with Crippen molar-refractivity contribution in [3.63, 3.8) is 0 Å². The number of carbonyl (C=O) groups excluding carboxylic acids is 1. The zero-order valence-corrected chi connectivity index (χ0v) is 21.4. The van der Waals surface area contributed by atoms with Crippen LogP contribution in [0.5, 0.6) is 11.5 Å². The molecule has 0 fully saturated rings. The van der Waals surface area contributed by atoms with Crippen LogP contribution in [0.3, 0.4) is 0 Å². The lowest BCUT2D eigenvalue weighted by molar-refractivity contribution is -0.115. The Morgan fingerprint density at radius 1 is 1.09 bits per heavy atom. The highest BCUT2D eigenvalue weighted by molar-refractivity contribution is 8.00. The molecule has 0 aliphatic rings. The largest absolute Gasteiger partial charge is 0.493 e. The molecule has 182 valence electrons. The van der Waals surface area contributed by atoms with E-state index in [0.717, 1.165) is 5.56 Å². The van der Waals surface area contributed by atoms with Gasteiger partial charge in [-0.3, -0.25) is 4.79 Å². The maximum atomic E-state index is 12.9. The summed E-state index contributed by atoms with van der Waals surface area (Å²) in [6, 6.07) is 11.8. The highest BCUT2D eigenvalue weighted by Gasteiger charge is 2.24. The van der Waals surface area contributed by atoms with E-state index in [2.05, 4.69) is 15.5 Å². The molecule has 11 heteroatoms. The molecule has 1 amide bonds. The van der Waals surface area contributed by atoms with E-state index in [-0.39, 0.29) is 16.6 Å². The maximum Gasteiger partial charge on any atom is 0.237 e. The van der Waals surface area contributed by atoms with Crippen LogP contribution in [0.1, 0.15) is 25.2 Å². The summed E-state index contributed by atoms with van der Waals surface area (Å²) in [5.74, 6) is 0.886. The SMILES string of the molecule is CCn1c(CS(=O)(=O)c2ccc(C)cc2)nnc1SC(C)C(=O)Nc1ccc(OC)c(OC)c1. The number of hydrogen-bond acceptors (Lipinski definition) is 8. The number of rotatable bonds is 10. The fourth-order valence-electron chi connectivity index (χ4n) is 3.20. The monoisotopic (exact) mass is 504 g/mol. The number of anilines is 1. The Hall–Kier alpha value is -3.05. The molecule has 1 atom stereocenters. The first-order valence-electron chi connectivity index (χ1n) is 10.6. The summed E-state index contributed by atoms with van der Waals surface area (Å²) in [6.45, 7) is 6.00. The van der Waals surface area contributed by atoms with Crippen LogP contribution >= 0.6 is 11.8 Å². The average Bonchev–Trinajstić information content (AvgIpc) is 3.19. The van der Waals surface area contributed by atoms with Gasteiger partial charge in [-0.1, -0.05) is 29.5 Å². The number of ether oxygens (including phenoxy) is 2. The highest BCUT2D eigenvalue weighted by atomic mass is 32.2. The molecule has 0 aliphatic heterocycles. The smallest absolute Gasteiger partial charge is 0.237 e. The predicted molar refractivity (Wildman–Crippen MR) is 131 cm³/mol. The molecule has 34 heavy (non-hydrogen) atoms. The number of carbonyl (C=O) groups is 1. The van der Waals surface area contributed by atoms with Crippen LogP contribution < -0.4 is 14.8 Å². The minimum absolute atomic E-state index is 0.237. The Balaban J connectivity index is 1.72. The quantitative estimate of drug-likeness (QED) is 0.416. The molecule has 0 radical (unpaired) electrons. The lowest BCUT2D eigenvalue weighted by Gasteiger charge is -2.14. The summed E-state index contributed by atoms with van der Waals surface area (Å²) in [5, 5.41) is 11.1. The van der Waals surface area contributed by atoms with Gasteiger partial charge in [-0.2, -0.15) is 0 Å². The second-order valence-corrected chi connectivity index (χ2v) is 10.8. The van der Waals surface area contributed by atoms with E-state index in [1.54, 1.807) is 61.1 Å². The van der Waals surface area contributed by atoms with Gasteiger partial charge in [0.1, 0.15) is 11.6 Å². The van der Waals surface area contributed by atoms with Gasteiger partial charge < -0.3 is 19.4 Å². The number of aryl methyl sites for hydroxylation is 1. The van der Waals surface area contributed by atoms with Crippen LogP contribution in [0.4, 0.5) is 5.69 Å². The molecule has 0 saturated carbocycles. The normalized spacial score (nSPS) is 12.3. The second-order valence-electron chi connectivity index (χ2n) is 7.53. The molecule has 3 rings (SSSR count). The molecule has 9 nitrogen and oxygen atoms in total. The number of methoxy groups -OCH3 is 2. The number of benzene rings is 2. The van der Waals surface area contributed by atoms with Crippen molar-refractivity contribution in [1.82, 2.24) is 14.8 Å².